The molecule has 0 aliphatic heterocycles. The molecule has 0 fully saturated rings. The highest BCUT2D eigenvalue weighted by atomic mass is 127. The number of aromatic nitrogens is 1. The fourth-order valence-electron chi connectivity index (χ4n) is 1.34. The number of carbonyl (C=O) groups is 1. The normalized spacial score (nSPS) is 10.1. The van der Waals surface area contributed by atoms with Gasteiger partial charge in [0.1, 0.15) is 5.75 Å². The molecule has 0 spiro atoms. The van der Waals surface area contributed by atoms with Crippen LogP contribution in [-0.2, 0) is 0 Å². The zero-order valence-corrected chi connectivity index (χ0v) is 11.4. The van der Waals surface area contributed by atoms with Crippen LogP contribution < -0.4 is 16.2 Å². The summed E-state index contributed by atoms with van der Waals surface area (Å²) in [6.45, 7) is 0. The van der Waals surface area contributed by atoms with Gasteiger partial charge in [-0.2, -0.15) is 0 Å². The predicted octanol–water partition coefficient (Wildman–Crippen LogP) is 2.16. The molecule has 0 aliphatic rings. The Hall–Kier alpha value is -1.83. The van der Waals surface area contributed by atoms with Gasteiger partial charge in [-0.15, -0.1) is 0 Å². The highest BCUT2D eigenvalue weighted by molar-refractivity contribution is 14.1. The number of primary amides is 1. The fraction of sp³-hybridized carbons (Fsp3) is 0. The van der Waals surface area contributed by atoms with Gasteiger partial charge in [0.05, 0.1) is 17.4 Å². The number of halogens is 1. The predicted molar refractivity (Wildman–Crippen MR) is 76.4 cm³/mol. The zero-order chi connectivity index (χ0) is 13.1. The van der Waals surface area contributed by atoms with E-state index in [1.807, 2.05) is 24.3 Å². The van der Waals surface area contributed by atoms with Gasteiger partial charge in [0, 0.05) is 9.64 Å². The molecular weight excluding hydrogens is 345 g/mol. The van der Waals surface area contributed by atoms with E-state index >= 15 is 0 Å². The SMILES string of the molecule is NC(=O)c1cc(Oc2ccc(I)cc2)ncc1N. The first-order valence-electron chi connectivity index (χ1n) is 5.05. The molecule has 0 radical (unpaired) electrons. The number of benzene rings is 1. The molecule has 5 nitrogen and oxygen atoms in total. The molecule has 1 aromatic heterocycles. The van der Waals surface area contributed by atoms with E-state index in [0.29, 0.717) is 5.75 Å². The molecule has 0 aliphatic carbocycles. The molecule has 1 heterocycles. The maximum atomic E-state index is 11.1. The van der Waals surface area contributed by atoms with Crippen molar-refractivity contribution >= 4 is 34.2 Å². The number of ether oxygens (including phenoxy) is 1. The van der Waals surface area contributed by atoms with Crippen LogP contribution in [-0.4, -0.2) is 10.9 Å². The van der Waals surface area contributed by atoms with Crippen LogP contribution in [0.1, 0.15) is 10.4 Å². The van der Waals surface area contributed by atoms with Gasteiger partial charge in [0.2, 0.25) is 5.88 Å². The van der Waals surface area contributed by atoms with Gasteiger partial charge in [-0.3, -0.25) is 4.79 Å². The molecule has 0 bridgehead atoms. The number of anilines is 1. The third-order valence-electron chi connectivity index (χ3n) is 2.21. The Kier molecular flexibility index (Phi) is 3.66. The van der Waals surface area contributed by atoms with Crippen molar-refractivity contribution in [1.82, 2.24) is 4.98 Å². The Morgan fingerprint density at radius 1 is 1.28 bits per heavy atom. The Balaban J connectivity index is 2.27. The minimum absolute atomic E-state index is 0.200. The smallest absolute Gasteiger partial charge is 0.251 e. The van der Waals surface area contributed by atoms with Crippen molar-refractivity contribution in [3.05, 3.63) is 45.7 Å². The third-order valence-corrected chi connectivity index (χ3v) is 2.93. The van der Waals surface area contributed by atoms with Crippen molar-refractivity contribution in [2.45, 2.75) is 0 Å². The summed E-state index contributed by atoms with van der Waals surface area (Å²) < 4.78 is 6.60. The molecule has 92 valence electrons. The molecule has 0 saturated heterocycles. The number of pyridine rings is 1. The summed E-state index contributed by atoms with van der Waals surface area (Å²) in [4.78, 5) is 15.1. The van der Waals surface area contributed by atoms with Crippen LogP contribution in [0.2, 0.25) is 0 Å². The monoisotopic (exact) mass is 355 g/mol. The molecule has 2 rings (SSSR count). The largest absolute Gasteiger partial charge is 0.439 e. The van der Waals surface area contributed by atoms with Gasteiger partial charge >= 0.3 is 0 Å². The van der Waals surface area contributed by atoms with Crippen molar-refractivity contribution in [3.63, 3.8) is 0 Å². The maximum Gasteiger partial charge on any atom is 0.251 e. The molecule has 4 N–H and O–H groups in total. The number of nitrogens with two attached hydrogens (primary N) is 2. The summed E-state index contributed by atoms with van der Waals surface area (Å²) >= 11 is 2.20. The minimum Gasteiger partial charge on any atom is -0.439 e. The van der Waals surface area contributed by atoms with Gasteiger partial charge in [-0.1, -0.05) is 0 Å². The van der Waals surface area contributed by atoms with Crippen LogP contribution in [0.5, 0.6) is 11.6 Å². The van der Waals surface area contributed by atoms with E-state index in [-0.39, 0.29) is 17.1 Å². The summed E-state index contributed by atoms with van der Waals surface area (Å²) in [6, 6.07) is 8.85. The Morgan fingerprint density at radius 3 is 2.56 bits per heavy atom. The molecule has 0 atom stereocenters. The average molecular weight is 355 g/mol. The molecule has 0 unspecified atom stereocenters. The second-order valence-corrected chi connectivity index (χ2v) is 4.78. The standard InChI is InChI=1S/C12H10IN3O2/c13-7-1-3-8(4-2-7)18-11-5-9(12(15)17)10(14)6-16-11/h1-6H,14H2,(H2,15,17). The number of amides is 1. The summed E-state index contributed by atoms with van der Waals surface area (Å²) in [7, 11) is 0. The minimum atomic E-state index is -0.609. The summed E-state index contributed by atoms with van der Waals surface area (Å²) in [5, 5.41) is 0. The van der Waals surface area contributed by atoms with Crippen LogP contribution in [0.15, 0.2) is 36.5 Å². The molecular formula is C12H10IN3O2. The number of hydrogen-bond acceptors (Lipinski definition) is 4. The number of rotatable bonds is 3. The highest BCUT2D eigenvalue weighted by Crippen LogP contribution is 2.23. The van der Waals surface area contributed by atoms with Gasteiger partial charge < -0.3 is 16.2 Å². The quantitative estimate of drug-likeness (QED) is 0.826. The summed E-state index contributed by atoms with van der Waals surface area (Å²) in [5.41, 5.74) is 11.2. The highest BCUT2D eigenvalue weighted by Gasteiger charge is 2.09. The first-order chi connectivity index (χ1) is 8.56. The molecule has 6 heteroatoms. The van der Waals surface area contributed by atoms with Crippen molar-refractivity contribution in [2.24, 2.45) is 5.73 Å². The van der Waals surface area contributed by atoms with Gasteiger partial charge in [-0.05, 0) is 46.9 Å². The fourth-order valence-corrected chi connectivity index (χ4v) is 1.70. The van der Waals surface area contributed by atoms with E-state index in [9.17, 15) is 4.79 Å². The van der Waals surface area contributed by atoms with E-state index < -0.39 is 5.91 Å². The van der Waals surface area contributed by atoms with E-state index in [0.717, 1.165) is 3.57 Å². The number of nitrogen functional groups attached to an aromatic ring is 1. The first kappa shape index (κ1) is 12.6. The van der Waals surface area contributed by atoms with Gasteiger partial charge in [0.25, 0.3) is 5.91 Å². The first-order valence-corrected chi connectivity index (χ1v) is 6.13. The summed E-state index contributed by atoms with van der Waals surface area (Å²) in [5.74, 6) is 0.296. The second-order valence-electron chi connectivity index (χ2n) is 3.53. The van der Waals surface area contributed by atoms with Crippen LogP contribution in [0.3, 0.4) is 0 Å². The Bertz CT molecular complexity index is 584. The molecule has 0 saturated carbocycles. The van der Waals surface area contributed by atoms with E-state index in [1.165, 1.54) is 12.3 Å². The lowest BCUT2D eigenvalue weighted by atomic mass is 10.2. The van der Waals surface area contributed by atoms with Crippen molar-refractivity contribution in [1.29, 1.82) is 0 Å². The lowest BCUT2D eigenvalue weighted by Crippen LogP contribution is -2.13. The Labute approximate surface area is 117 Å². The zero-order valence-electron chi connectivity index (χ0n) is 9.26. The van der Waals surface area contributed by atoms with Crippen LogP contribution in [0, 0.1) is 3.57 Å². The number of nitrogens with zero attached hydrogens (tertiary/aromatic N) is 1. The van der Waals surface area contributed by atoms with Gasteiger partial charge in [-0.25, -0.2) is 4.98 Å². The van der Waals surface area contributed by atoms with E-state index in [4.69, 9.17) is 16.2 Å². The van der Waals surface area contributed by atoms with Crippen molar-refractivity contribution in [3.8, 4) is 11.6 Å². The van der Waals surface area contributed by atoms with Crippen LogP contribution in [0.25, 0.3) is 0 Å². The topological polar surface area (TPSA) is 91.2 Å². The molecule has 1 amide bonds. The van der Waals surface area contributed by atoms with Crippen LogP contribution >= 0.6 is 22.6 Å². The van der Waals surface area contributed by atoms with E-state index in [1.54, 1.807) is 0 Å². The van der Waals surface area contributed by atoms with Gasteiger partial charge in [0.15, 0.2) is 0 Å². The lowest BCUT2D eigenvalue weighted by Gasteiger charge is -2.07. The second kappa shape index (κ2) is 5.21. The van der Waals surface area contributed by atoms with E-state index in [2.05, 4.69) is 27.6 Å². The Morgan fingerprint density at radius 2 is 1.94 bits per heavy atom. The number of hydrogen-bond donors (Lipinski definition) is 2. The maximum absolute atomic E-state index is 11.1. The summed E-state index contributed by atoms with van der Waals surface area (Å²) in [6.07, 6.45) is 1.35. The average Bonchev–Trinajstić information content (AvgIpc) is 2.34. The lowest BCUT2D eigenvalue weighted by molar-refractivity contribution is 0.100. The third kappa shape index (κ3) is 2.89. The van der Waals surface area contributed by atoms with Crippen LogP contribution in [0.4, 0.5) is 5.69 Å². The number of carbonyl (C=O) groups excluding carboxylic acids is 1. The van der Waals surface area contributed by atoms with Crippen molar-refractivity contribution in [2.75, 3.05) is 5.73 Å². The molecule has 1 aromatic carbocycles. The molecule has 2 aromatic rings. The van der Waals surface area contributed by atoms with Crippen molar-refractivity contribution < 1.29 is 9.53 Å². The molecule has 18 heavy (non-hydrogen) atoms.